The number of fused-ring (bicyclic) bond motifs is 2. The molecule has 3 rings (SSSR count). The first-order chi connectivity index (χ1) is 15.1. The quantitative estimate of drug-likeness (QED) is 0.301. The summed E-state index contributed by atoms with van der Waals surface area (Å²) in [6.07, 6.45) is 1.97. The molecule has 0 unspecified atom stereocenters. The Kier molecular flexibility index (Phi) is 8.30. The Hall–Kier alpha value is -0.243. The molecule has 3 aliphatic heterocycles. The monoisotopic (exact) mass is 518 g/mol. The van der Waals surface area contributed by atoms with E-state index in [1.807, 2.05) is 13.1 Å². The van der Waals surface area contributed by atoms with Crippen LogP contribution in [0.1, 0.15) is 59.3 Å². The molecule has 7 nitrogen and oxygen atoms in total. The van der Waals surface area contributed by atoms with E-state index in [9.17, 15) is 21.6 Å². The summed E-state index contributed by atoms with van der Waals surface area (Å²) in [7, 11) is -8.06. The average Bonchev–Trinajstić information content (AvgIpc) is 2.94. The number of rotatable bonds is 5. The van der Waals surface area contributed by atoms with Crippen molar-refractivity contribution in [2.24, 2.45) is 0 Å². The van der Waals surface area contributed by atoms with Crippen LogP contribution in [-0.4, -0.2) is 72.1 Å². The summed E-state index contributed by atoms with van der Waals surface area (Å²) in [6.45, 7) is 10.2. The van der Waals surface area contributed by atoms with Gasteiger partial charge in [-0.2, -0.15) is 21.6 Å². The maximum absolute atomic E-state index is 12.9. The standard InChI is InChI=1S/C21H37F3O7SSi/c1-20(2,3)33(4,5)31-18-11-10-16-17(9-8-14-15(29-16)7-6-12-27-14)30-19(18)13-28-32(25,26)21(22,23)24/h14-19H,6-13H2,1-5H3/t14-,15+,16-,17+,18+,19-/m1/s1. The molecule has 3 fully saturated rings. The van der Waals surface area contributed by atoms with Crippen LogP contribution in [0.25, 0.3) is 0 Å². The molecule has 0 aromatic heterocycles. The van der Waals surface area contributed by atoms with Crippen molar-refractivity contribution in [2.45, 2.75) is 120 Å². The summed E-state index contributed by atoms with van der Waals surface area (Å²) in [5.41, 5.74) is -5.49. The summed E-state index contributed by atoms with van der Waals surface area (Å²) in [5.74, 6) is 0. The Labute approximate surface area is 195 Å². The van der Waals surface area contributed by atoms with Crippen LogP contribution in [0.5, 0.6) is 0 Å². The maximum Gasteiger partial charge on any atom is 0.523 e. The summed E-state index contributed by atoms with van der Waals surface area (Å²) in [5, 5.41) is -0.143. The molecule has 0 spiro atoms. The van der Waals surface area contributed by atoms with Gasteiger partial charge in [0.05, 0.1) is 37.1 Å². The molecule has 3 heterocycles. The zero-order chi connectivity index (χ0) is 24.7. The Morgan fingerprint density at radius 3 is 2.12 bits per heavy atom. The highest BCUT2D eigenvalue weighted by molar-refractivity contribution is 7.87. The van der Waals surface area contributed by atoms with Gasteiger partial charge in [-0.1, -0.05) is 20.8 Å². The molecular weight excluding hydrogens is 481 g/mol. The second-order valence-electron chi connectivity index (χ2n) is 10.7. The predicted octanol–water partition coefficient (Wildman–Crippen LogP) is 4.52. The van der Waals surface area contributed by atoms with Crippen molar-refractivity contribution < 1.29 is 44.4 Å². The van der Waals surface area contributed by atoms with Gasteiger partial charge in [0.15, 0.2) is 8.32 Å². The van der Waals surface area contributed by atoms with Crippen LogP contribution in [0.2, 0.25) is 18.1 Å². The van der Waals surface area contributed by atoms with Crippen molar-refractivity contribution in [2.75, 3.05) is 13.2 Å². The van der Waals surface area contributed by atoms with Gasteiger partial charge < -0.3 is 18.6 Å². The fraction of sp³-hybridized carbons (Fsp3) is 1.00. The van der Waals surface area contributed by atoms with Gasteiger partial charge in [-0.25, -0.2) is 0 Å². The highest BCUT2D eigenvalue weighted by atomic mass is 32.2. The van der Waals surface area contributed by atoms with E-state index < -0.39 is 48.9 Å². The molecule has 3 aliphatic rings. The lowest BCUT2D eigenvalue weighted by atomic mass is 10.0. The van der Waals surface area contributed by atoms with Gasteiger partial charge >= 0.3 is 15.6 Å². The highest BCUT2D eigenvalue weighted by Crippen LogP contribution is 2.41. The molecule has 0 amide bonds. The van der Waals surface area contributed by atoms with Crippen LogP contribution in [0.3, 0.4) is 0 Å². The lowest BCUT2D eigenvalue weighted by Crippen LogP contribution is -2.49. The minimum absolute atomic E-state index is 0.0196. The van der Waals surface area contributed by atoms with Crippen LogP contribution in [0.15, 0.2) is 0 Å². The van der Waals surface area contributed by atoms with E-state index >= 15 is 0 Å². The van der Waals surface area contributed by atoms with Crippen molar-refractivity contribution in [1.29, 1.82) is 0 Å². The molecule has 6 atom stereocenters. The van der Waals surface area contributed by atoms with Gasteiger partial charge in [-0.05, 0) is 56.7 Å². The molecule has 0 aromatic rings. The van der Waals surface area contributed by atoms with Gasteiger partial charge in [0.2, 0.25) is 0 Å². The molecule has 0 saturated carbocycles. The lowest BCUT2D eigenvalue weighted by molar-refractivity contribution is -0.150. The number of alkyl halides is 3. The first kappa shape index (κ1) is 27.3. The first-order valence-electron chi connectivity index (χ1n) is 11.7. The normalized spacial score (nSPS) is 34.7. The summed E-state index contributed by atoms with van der Waals surface area (Å²) < 4.78 is 91.1. The summed E-state index contributed by atoms with van der Waals surface area (Å²) >= 11 is 0. The van der Waals surface area contributed by atoms with Crippen LogP contribution >= 0.6 is 0 Å². The Morgan fingerprint density at radius 2 is 1.48 bits per heavy atom. The van der Waals surface area contributed by atoms with Crippen molar-refractivity contribution in [3.05, 3.63) is 0 Å². The van der Waals surface area contributed by atoms with Crippen molar-refractivity contribution >= 4 is 18.4 Å². The third-order valence-corrected chi connectivity index (χ3v) is 12.8. The largest absolute Gasteiger partial charge is 0.523 e. The zero-order valence-electron chi connectivity index (χ0n) is 20.0. The molecule has 0 radical (unpaired) electrons. The van der Waals surface area contributed by atoms with Gasteiger partial charge in [0, 0.05) is 6.61 Å². The molecule has 0 bridgehead atoms. The fourth-order valence-electron chi connectivity index (χ4n) is 4.36. The molecule has 194 valence electrons. The first-order valence-corrected chi connectivity index (χ1v) is 16.0. The third-order valence-electron chi connectivity index (χ3n) is 7.30. The van der Waals surface area contributed by atoms with Gasteiger partial charge in [-0.15, -0.1) is 0 Å². The van der Waals surface area contributed by atoms with Crippen LogP contribution in [-0.2, 0) is 32.9 Å². The van der Waals surface area contributed by atoms with Gasteiger partial charge in [0.25, 0.3) is 0 Å². The van der Waals surface area contributed by atoms with E-state index in [1.54, 1.807) is 0 Å². The fourth-order valence-corrected chi connectivity index (χ4v) is 6.19. The SMILES string of the molecule is CC(C)(C)[Si](C)(C)O[C@H]1CC[C@H]2O[C@H]3CCCO[C@@H]3CC[C@@H]2O[C@@H]1COS(=O)(=O)C(F)(F)F. The van der Waals surface area contributed by atoms with E-state index in [1.165, 1.54) is 0 Å². The molecule has 0 aromatic carbocycles. The molecule has 33 heavy (non-hydrogen) atoms. The van der Waals surface area contributed by atoms with E-state index in [0.29, 0.717) is 32.3 Å². The number of halogens is 3. The van der Waals surface area contributed by atoms with Crippen LogP contribution in [0.4, 0.5) is 13.2 Å². The lowest BCUT2D eigenvalue weighted by Gasteiger charge is -2.41. The summed E-state index contributed by atoms with van der Waals surface area (Å²) in [6, 6.07) is 0. The minimum atomic E-state index is -5.73. The third kappa shape index (κ3) is 6.50. The van der Waals surface area contributed by atoms with E-state index in [4.69, 9.17) is 18.6 Å². The minimum Gasteiger partial charge on any atom is -0.411 e. The second-order valence-corrected chi connectivity index (χ2v) is 17.1. The van der Waals surface area contributed by atoms with E-state index in [2.05, 4.69) is 25.0 Å². The topological polar surface area (TPSA) is 80.3 Å². The summed E-state index contributed by atoms with van der Waals surface area (Å²) in [4.78, 5) is 0. The zero-order valence-corrected chi connectivity index (χ0v) is 21.8. The molecular formula is C21H37F3O7SSi. The van der Waals surface area contributed by atoms with Gasteiger partial charge in [-0.3, -0.25) is 4.18 Å². The molecule has 12 heteroatoms. The molecule has 0 aliphatic carbocycles. The van der Waals surface area contributed by atoms with Crippen molar-refractivity contribution in [1.82, 2.24) is 0 Å². The van der Waals surface area contributed by atoms with E-state index in [0.717, 1.165) is 12.8 Å². The smallest absolute Gasteiger partial charge is 0.411 e. The number of hydrogen-bond acceptors (Lipinski definition) is 7. The Bertz CT molecular complexity index is 769. The Balaban J connectivity index is 1.81. The maximum atomic E-state index is 12.9. The second kappa shape index (κ2) is 10.0. The van der Waals surface area contributed by atoms with E-state index in [-0.39, 0.29) is 23.4 Å². The van der Waals surface area contributed by atoms with Crippen LogP contribution < -0.4 is 0 Å². The van der Waals surface area contributed by atoms with Crippen LogP contribution in [0, 0.1) is 0 Å². The number of hydrogen-bond donors (Lipinski definition) is 0. The molecule has 3 saturated heterocycles. The van der Waals surface area contributed by atoms with Gasteiger partial charge in [0.1, 0.15) is 6.10 Å². The highest BCUT2D eigenvalue weighted by Gasteiger charge is 2.50. The molecule has 0 N–H and O–H groups in total. The number of ether oxygens (including phenoxy) is 3. The van der Waals surface area contributed by atoms with Crippen molar-refractivity contribution in [3.63, 3.8) is 0 Å². The Morgan fingerprint density at radius 1 is 0.909 bits per heavy atom. The average molecular weight is 519 g/mol. The van der Waals surface area contributed by atoms with Crippen molar-refractivity contribution in [3.8, 4) is 0 Å². The predicted molar refractivity (Wildman–Crippen MR) is 118 cm³/mol.